The number of benzene rings is 3. The van der Waals surface area contributed by atoms with Crippen molar-refractivity contribution >= 4 is 22.6 Å². The monoisotopic (exact) mass is 558 g/mol. The zero-order valence-corrected chi connectivity index (χ0v) is 25.4. The quantitative estimate of drug-likeness (QED) is 0.158. The summed E-state index contributed by atoms with van der Waals surface area (Å²) in [5.41, 5.74) is 5.42. The first-order chi connectivity index (χ1) is 20.0. The van der Waals surface area contributed by atoms with Gasteiger partial charge in [0.15, 0.2) is 0 Å². The van der Waals surface area contributed by atoms with Crippen LogP contribution in [0.2, 0.25) is 0 Å². The van der Waals surface area contributed by atoms with Crippen LogP contribution >= 0.6 is 0 Å². The number of hydrogen-bond acceptors (Lipinski definition) is 5. The molecule has 1 heterocycles. The fourth-order valence-corrected chi connectivity index (χ4v) is 5.50. The standard InChI is InChI=1S/C34H44N3O4/c1-7-35(8-2)25-15-17-29-31(23-25)41-32-24-26(36(9-3)10-4)16-18-30(32)33(29)27-13-11-12-14-28(27)34(38)37(19-21-39-5)20-22-40-6/h11-18,23-24H,7-10,19-22H2,1-6H3/q+1. The minimum atomic E-state index is -0.0451. The molecule has 4 rings (SSSR count). The van der Waals surface area contributed by atoms with Crippen LogP contribution in [0.4, 0.5) is 5.69 Å². The molecule has 1 aliphatic heterocycles. The Morgan fingerprint density at radius 2 is 1.51 bits per heavy atom. The summed E-state index contributed by atoms with van der Waals surface area (Å²) in [5, 5.41) is 2.09. The number of rotatable bonds is 13. The van der Waals surface area contributed by atoms with Gasteiger partial charge >= 0.3 is 0 Å². The summed E-state index contributed by atoms with van der Waals surface area (Å²) in [6.45, 7) is 14.2. The van der Waals surface area contributed by atoms with Gasteiger partial charge in [-0.25, -0.2) is 4.58 Å². The van der Waals surface area contributed by atoms with Crippen LogP contribution in [0.25, 0.3) is 33.4 Å². The number of anilines is 1. The lowest BCUT2D eigenvalue weighted by Crippen LogP contribution is -2.36. The maximum absolute atomic E-state index is 14.0. The summed E-state index contributed by atoms with van der Waals surface area (Å²) in [5.74, 6) is 0.753. The van der Waals surface area contributed by atoms with E-state index in [0.29, 0.717) is 31.9 Å². The Bertz CT molecular complexity index is 1490. The number of hydrogen-bond donors (Lipinski definition) is 0. The van der Waals surface area contributed by atoms with Crippen molar-refractivity contribution < 1.29 is 18.7 Å². The van der Waals surface area contributed by atoms with E-state index in [-0.39, 0.29) is 5.91 Å². The van der Waals surface area contributed by atoms with Gasteiger partial charge in [0.25, 0.3) is 5.91 Å². The van der Waals surface area contributed by atoms with Gasteiger partial charge < -0.3 is 23.7 Å². The average Bonchev–Trinajstić information content (AvgIpc) is 3.00. The Hall–Kier alpha value is -3.68. The van der Waals surface area contributed by atoms with E-state index in [4.69, 9.17) is 13.9 Å². The third-order valence-corrected chi connectivity index (χ3v) is 7.79. The predicted molar refractivity (Wildman–Crippen MR) is 168 cm³/mol. The Morgan fingerprint density at radius 1 is 0.829 bits per heavy atom. The van der Waals surface area contributed by atoms with E-state index in [0.717, 1.165) is 70.6 Å². The van der Waals surface area contributed by atoms with E-state index in [9.17, 15) is 4.79 Å². The molecule has 7 heteroatoms. The fraction of sp³-hybridized carbons (Fsp3) is 0.412. The van der Waals surface area contributed by atoms with Crippen LogP contribution in [0, 0.1) is 0 Å². The predicted octanol–water partition coefficient (Wildman–Crippen LogP) is 5.60. The molecule has 1 amide bonds. The van der Waals surface area contributed by atoms with Gasteiger partial charge in [0.05, 0.1) is 19.3 Å². The number of ether oxygens (including phenoxy) is 2. The molecule has 1 aliphatic carbocycles. The Balaban J connectivity index is 2.01. The van der Waals surface area contributed by atoms with E-state index in [1.807, 2.05) is 24.3 Å². The molecule has 0 saturated heterocycles. The summed E-state index contributed by atoms with van der Waals surface area (Å²) in [7, 11) is 3.30. The second-order valence-corrected chi connectivity index (χ2v) is 10.0. The fourth-order valence-electron chi connectivity index (χ4n) is 5.50. The molecule has 0 spiro atoms. The molecule has 218 valence electrons. The molecule has 0 N–H and O–H groups in total. The van der Waals surface area contributed by atoms with Crippen molar-refractivity contribution in [3.8, 4) is 22.5 Å². The number of carbonyl (C=O) groups is 1. The van der Waals surface area contributed by atoms with Crippen LogP contribution in [-0.2, 0) is 9.47 Å². The Labute approximate surface area is 243 Å². The van der Waals surface area contributed by atoms with Crippen molar-refractivity contribution in [2.75, 3.05) is 71.6 Å². The summed E-state index contributed by atoms with van der Waals surface area (Å²) in [6.07, 6.45) is 0. The van der Waals surface area contributed by atoms with Gasteiger partial charge in [0.2, 0.25) is 5.36 Å². The van der Waals surface area contributed by atoms with Gasteiger partial charge in [-0.2, -0.15) is 0 Å². The second-order valence-electron chi connectivity index (χ2n) is 10.0. The van der Waals surface area contributed by atoms with Gasteiger partial charge in [-0.3, -0.25) is 4.79 Å². The minimum Gasteiger partial charge on any atom is -0.456 e. The van der Waals surface area contributed by atoms with Gasteiger partial charge in [0.1, 0.15) is 24.4 Å². The molecule has 0 saturated carbocycles. The number of nitrogens with zero attached hydrogens (tertiary/aromatic N) is 3. The number of fused-ring (bicyclic) bond motifs is 2. The average molecular weight is 559 g/mol. The normalized spacial score (nSPS) is 11.3. The van der Waals surface area contributed by atoms with Crippen molar-refractivity contribution in [2.24, 2.45) is 0 Å². The third kappa shape index (κ3) is 6.47. The highest BCUT2D eigenvalue weighted by Crippen LogP contribution is 2.42. The molecule has 0 aromatic heterocycles. The molecular weight excluding hydrogens is 514 g/mol. The highest BCUT2D eigenvalue weighted by molar-refractivity contribution is 6.09. The first kappa shape index (κ1) is 30.3. The maximum atomic E-state index is 14.0. The molecule has 0 fully saturated rings. The van der Waals surface area contributed by atoms with E-state index < -0.39 is 0 Å². The van der Waals surface area contributed by atoms with Crippen LogP contribution in [0.1, 0.15) is 38.1 Å². The Kier molecular flexibility index (Phi) is 10.6. The largest absolute Gasteiger partial charge is 0.456 e. The lowest BCUT2D eigenvalue weighted by Gasteiger charge is -2.25. The number of methoxy groups -OCH3 is 2. The molecular formula is C34H44N3O4+. The number of carbonyl (C=O) groups excluding carboxylic acids is 1. The molecule has 0 unspecified atom stereocenters. The zero-order valence-electron chi connectivity index (χ0n) is 25.4. The van der Waals surface area contributed by atoms with Crippen LogP contribution in [0.5, 0.6) is 0 Å². The third-order valence-electron chi connectivity index (χ3n) is 7.79. The van der Waals surface area contributed by atoms with E-state index in [2.05, 4.69) is 73.6 Å². The zero-order chi connectivity index (χ0) is 29.4. The molecule has 0 atom stereocenters. The van der Waals surface area contributed by atoms with Gasteiger partial charge in [-0.05, 0) is 57.5 Å². The van der Waals surface area contributed by atoms with Crippen molar-refractivity contribution in [3.05, 3.63) is 71.6 Å². The highest BCUT2D eigenvalue weighted by atomic mass is 16.5. The smallest absolute Gasteiger partial charge is 0.254 e. The topological polar surface area (TPSA) is 58.2 Å². The molecule has 7 nitrogen and oxygen atoms in total. The SMILES string of the molecule is CCN(CC)c1ccc2c(-c3ccccc3C(=O)N(CCOC)CCOC)c3ccc(=[N+](CC)CC)cc-3oc2c1. The van der Waals surface area contributed by atoms with Gasteiger partial charge in [0, 0.05) is 80.3 Å². The van der Waals surface area contributed by atoms with E-state index in [1.54, 1.807) is 19.1 Å². The highest BCUT2D eigenvalue weighted by Gasteiger charge is 2.25. The first-order valence-electron chi connectivity index (χ1n) is 14.7. The van der Waals surface area contributed by atoms with Crippen LogP contribution < -0.4 is 14.8 Å². The Morgan fingerprint density at radius 3 is 2.15 bits per heavy atom. The van der Waals surface area contributed by atoms with Crippen LogP contribution in [0.15, 0.2) is 65.1 Å². The molecule has 2 aromatic rings. The molecule has 0 bridgehead atoms. The lowest BCUT2D eigenvalue weighted by atomic mass is 9.90. The summed E-state index contributed by atoms with van der Waals surface area (Å²) >= 11 is 0. The van der Waals surface area contributed by atoms with Crippen molar-refractivity contribution in [2.45, 2.75) is 27.7 Å². The molecule has 41 heavy (non-hydrogen) atoms. The van der Waals surface area contributed by atoms with Crippen LogP contribution in [0.3, 0.4) is 0 Å². The summed E-state index contributed by atoms with van der Waals surface area (Å²) in [4.78, 5) is 18.2. The molecule has 0 radical (unpaired) electrons. The minimum absolute atomic E-state index is 0.0451. The van der Waals surface area contributed by atoms with E-state index >= 15 is 0 Å². The van der Waals surface area contributed by atoms with E-state index in [1.165, 1.54) is 0 Å². The molecule has 2 aliphatic rings. The second kappa shape index (κ2) is 14.3. The van der Waals surface area contributed by atoms with Gasteiger partial charge in [-0.15, -0.1) is 0 Å². The van der Waals surface area contributed by atoms with Gasteiger partial charge in [-0.1, -0.05) is 18.2 Å². The number of amides is 1. The molecule has 2 aromatic carbocycles. The van der Waals surface area contributed by atoms with Crippen molar-refractivity contribution in [1.29, 1.82) is 0 Å². The lowest BCUT2D eigenvalue weighted by molar-refractivity contribution is 0.0628. The first-order valence-corrected chi connectivity index (χ1v) is 14.7. The van der Waals surface area contributed by atoms with Crippen molar-refractivity contribution in [1.82, 2.24) is 9.48 Å². The summed E-state index contributed by atoms with van der Waals surface area (Å²) in [6, 6.07) is 20.7. The van der Waals surface area contributed by atoms with Crippen molar-refractivity contribution in [3.63, 3.8) is 0 Å². The maximum Gasteiger partial charge on any atom is 0.254 e. The summed E-state index contributed by atoms with van der Waals surface area (Å²) < 4.78 is 19.6. The van der Waals surface area contributed by atoms with Crippen LogP contribution in [-0.4, -0.2) is 77.5 Å².